The fourth-order valence-electron chi connectivity index (χ4n) is 2.72. The highest BCUT2D eigenvalue weighted by molar-refractivity contribution is 6.30. The van der Waals surface area contributed by atoms with E-state index in [0.29, 0.717) is 27.6 Å². The van der Waals surface area contributed by atoms with Crippen LogP contribution in [0.25, 0.3) is 22.0 Å². The zero-order chi connectivity index (χ0) is 16.7. The van der Waals surface area contributed by atoms with Gasteiger partial charge < -0.3 is 10.3 Å². The molecule has 23 heavy (non-hydrogen) atoms. The van der Waals surface area contributed by atoms with E-state index in [1.54, 1.807) is 41.9 Å². The molecule has 0 fully saturated rings. The third kappa shape index (κ3) is 2.43. The summed E-state index contributed by atoms with van der Waals surface area (Å²) in [5.74, 6) is -1.10. The second-order valence-electron chi connectivity index (χ2n) is 5.15. The number of nitrogens with two attached hydrogens (primary N) is 1. The second kappa shape index (κ2) is 5.41. The maximum atomic E-state index is 14.3. The van der Waals surface area contributed by atoms with Crippen LogP contribution in [0.5, 0.6) is 0 Å². The largest absolute Gasteiger partial charge is 0.364 e. The monoisotopic (exact) mass is 327 g/mol. The van der Waals surface area contributed by atoms with Gasteiger partial charge in [-0.2, -0.15) is 5.26 Å². The summed E-state index contributed by atoms with van der Waals surface area (Å²) in [6, 6.07) is 11.2. The van der Waals surface area contributed by atoms with Crippen LogP contribution in [0.4, 0.5) is 4.39 Å². The second-order valence-corrected chi connectivity index (χ2v) is 5.59. The van der Waals surface area contributed by atoms with Crippen LogP contribution < -0.4 is 5.73 Å². The number of aromatic nitrogens is 1. The molecule has 0 radical (unpaired) electrons. The van der Waals surface area contributed by atoms with Gasteiger partial charge in [0.1, 0.15) is 11.5 Å². The van der Waals surface area contributed by atoms with Crippen molar-refractivity contribution < 1.29 is 9.18 Å². The van der Waals surface area contributed by atoms with Crippen molar-refractivity contribution in [2.45, 2.75) is 0 Å². The lowest BCUT2D eigenvalue weighted by molar-refractivity contribution is 0.0993. The fourth-order valence-corrected chi connectivity index (χ4v) is 2.88. The summed E-state index contributed by atoms with van der Waals surface area (Å²) in [7, 11) is 1.67. The number of nitriles is 1. The van der Waals surface area contributed by atoms with Crippen LogP contribution in [0, 0.1) is 17.1 Å². The molecule has 1 amide bonds. The Morgan fingerprint density at radius 3 is 2.61 bits per heavy atom. The molecule has 4 nitrogen and oxygen atoms in total. The van der Waals surface area contributed by atoms with Gasteiger partial charge in [0.15, 0.2) is 0 Å². The quantitative estimate of drug-likeness (QED) is 0.781. The van der Waals surface area contributed by atoms with Gasteiger partial charge in [0, 0.05) is 28.6 Å². The van der Waals surface area contributed by atoms with Crippen LogP contribution in [-0.2, 0) is 7.05 Å². The molecule has 0 unspecified atom stereocenters. The molecule has 3 aromatic rings. The first kappa shape index (κ1) is 15.1. The molecule has 0 aliphatic carbocycles. The molecule has 0 bridgehead atoms. The third-order valence-corrected chi connectivity index (χ3v) is 3.97. The topological polar surface area (TPSA) is 71.8 Å². The number of nitrogens with zero attached hydrogens (tertiary/aromatic N) is 2. The van der Waals surface area contributed by atoms with Gasteiger partial charge in [-0.05, 0) is 36.4 Å². The number of hydrogen-bond acceptors (Lipinski definition) is 2. The Kier molecular flexibility index (Phi) is 3.55. The van der Waals surface area contributed by atoms with Gasteiger partial charge in [-0.3, -0.25) is 4.79 Å². The molecule has 6 heteroatoms. The third-order valence-electron chi connectivity index (χ3n) is 3.73. The lowest BCUT2D eigenvalue weighted by Crippen LogP contribution is -2.15. The highest BCUT2D eigenvalue weighted by Gasteiger charge is 2.17. The number of amides is 1. The number of hydrogen-bond donors (Lipinski definition) is 1. The van der Waals surface area contributed by atoms with Crippen molar-refractivity contribution in [2.75, 3.05) is 0 Å². The van der Waals surface area contributed by atoms with E-state index in [0.717, 1.165) is 0 Å². The summed E-state index contributed by atoms with van der Waals surface area (Å²) < 4.78 is 15.9. The van der Waals surface area contributed by atoms with Gasteiger partial charge in [-0.25, -0.2) is 4.39 Å². The Morgan fingerprint density at radius 1 is 1.26 bits per heavy atom. The van der Waals surface area contributed by atoms with Gasteiger partial charge in [-0.15, -0.1) is 0 Å². The Hall–Kier alpha value is -2.84. The summed E-state index contributed by atoms with van der Waals surface area (Å²) in [6.07, 6.45) is 0. The maximum Gasteiger partial charge on any atom is 0.265 e. The van der Waals surface area contributed by atoms with Crippen LogP contribution in [-0.4, -0.2) is 10.5 Å². The SMILES string of the molecule is Cn1c(C(N)=O)cc2cc(C#N)cc(-c3ccc(Cl)cc3F)c21. The van der Waals surface area contributed by atoms with Gasteiger partial charge in [0.25, 0.3) is 5.91 Å². The predicted molar refractivity (Wildman–Crippen MR) is 86.6 cm³/mol. The summed E-state index contributed by atoms with van der Waals surface area (Å²) in [4.78, 5) is 11.6. The minimum absolute atomic E-state index is 0.281. The van der Waals surface area contributed by atoms with Crippen LogP contribution in [0.15, 0.2) is 36.4 Å². The van der Waals surface area contributed by atoms with Crippen molar-refractivity contribution >= 4 is 28.4 Å². The normalized spacial score (nSPS) is 10.7. The standard InChI is InChI=1S/C17H11ClFN3O/c1-22-15(17(21)23)6-10-4-9(8-20)5-13(16(10)22)12-3-2-11(18)7-14(12)19/h2-7H,1H3,(H2,21,23). The average Bonchev–Trinajstić information content (AvgIpc) is 2.84. The minimum atomic E-state index is -0.593. The average molecular weight is 328 g/mol. The molecule has 3 rings (SSSR count). The van der Waals surface area contributed by atoms with Gasteiger partial charge >= 0.3 is 0 Å². The molecule has 0 aliphatic rings. The van der Waals surface area contributed by atoms with Crippen LogP contribution >= 0.6 is 11.6 Å². The number of halogens is 2. The summed E-state index contributed by atoms with van der Waals surface area (Å²) in [6.45, 7) is 0. The molecule has 0 spiro atoms. The van der Waals surface area contributed by atoms with E-state index < -0.39 is 11.7 Å². The van der Waals surface area contributed by atoms with E-state index in [9.17, 15) is 14.4 Å². The zero-order valence-corrected chi connectivity index (χ0v) is 12.9. The molecule has 0 saturated heterocycles. The van der Waals surface area contributed by atoms with E-state index in [2.05, 4.69) is 0 Å². The number of rotatable bonds is 2. The smallest absolute Gasteiger partial charge is 0.265 e. The molecule has 0 aliphatic heterocycles. The molecular weight excluding hydrogens is 317 g/mol. The summed E-state index contributed by atoms with van der Waals surface area (Å²) >= 11 is 5.80. The van der Waals surface area contributed by atoms with Crippen molar-refractivity contribution in [1.29, 1.82) is 5.26 Å². The number of primary amides is 1. The first-order chi connectivity index (χ1) is 10.9. The summed E-state index contributed by atoms with van der Waals surface area (Å²) in [5, 5.41) is 10.1. The molecule has 1 heterocycles. The number of benzene rings is 2. The zero-order valence-electron chi connectivity index (χ0n) is 12.1. The molecule has 114 valence electrons. The molecule has 2 aromatic carbocycles. The van der Waals surface area contributed by atoms with E-state index in [1.807, 2.05) is 6.07 Å². The van der Waals surface area contributed by atoms with Crippen molar-refractivity contribution in [1.82, 2.24) is 4.57 Å². The lowest BCUT2D eigenvalue weighted by Gasteiger charge is -2.10. The Bertz CT molecular complexity index is 1000. The Labute approximate surface area is 136 Å². The lowest BCUT2D eigenvalue weighted by atomic mass is 10.00. The first-order valence-electron chi connectivity index (χ1n) is 6.71. The van der Waals surface area contributed by atoms with Gasteiger partial charge in [0.05, 0.1) is 17.1 Å². The van der Waals surface area contributed by atoms with Crippen LogP contribution in [0.3, 0.4) is 0 Å². The van der Waals surface area contributed by atoms with Crippen LogP contribution in [0.1, 0.15) is 16.1 Å². The van der Waals surface area contributed by atoms with E-state index in [4.69, 9.17) is 17.3 Å². The minimum Gasteiger partial charge on any atom is -0.364 e. The highest BCUT2D eigenvalue weighted by Crippen LogP contribution is 2.34. The van der Waals surface area contributed by atoms with Crippen LogP contribution in [0.2, 0.25) is 5.02 Å². The number of fused-ring (bicyclic) bond motifs is 1. The summed E-state index contributed by atoms with van der Waals surface area (Å²) in [5.41, 5.74) is 7.45. The molecule has 1 aromatic heterocycles. The number of aryl methyl sites for hydroxylation is 1. The number of carbonyl (C=O) groups excluding carboxylic acids is 1. The predicted octanol–water partition coefficient (Wildman–Crippen LogP) is 3.61. The van der Waals surface area contributed by atoms with Crippen molar-refractivity contribution in [3.8, 4) is 17.2 Å². The van der Waals surface area contributed by atoms with Crippen molar-refractivity contribution in [2.24, 2.45) is 12.8 Å². The highest BCUT2D eigenvalue weighted by atomic mass is 35.5. The number of carbonyl (C=O) groups is 1. The molecule has 0 atom stereocenters. The van der Waals surface area contributed by atoms with Gasteiger partial charge in [-0.1, -0.05) is 11.6 Å². The molecule has 2 N–H and O–H groups in total. The Morgan fingerprint density at radius 2 is 2.00 bits per heavy atom. The van der Waals surface area contributed by atoms with Crippen molar-refractivity contribution in [3.05, 3.63) is 58.5 Å². The Balaban J connectivity index is 2.43. The maximum absolute atomic E-state index is 14.3. The first-order valence-corrected chi connectivity index (χ1v) is 7.09. The van der Waals surface area contributed by atoms with Gasteiger partial charge in [0.2, 0.25) is 0 Å². The van der Waals surface area contributed by atoms with E-state index in [-0.39, 0.29) is 10.7 Å². The van der Waals surface area contributed by atoms with Crippen molar-refractivity contribution in [3.63, 3.8) is 0 Å². The fraction of sp³-hybridized carbons (Fsp3) is 0.0588. The molecule has 0 saturated carbocycles. The van der Waals surface area contributed by atoms with E-state index in [1.165, 1.54) is 6.07 Å². The van der Waals surface area contributed by atoms with E-state index >= 15 is 0 Å². The molecular formula is C17H11ClFN3O.